The highest BCUT2D eigenvalue weighted by molar-refractivity contribution is 5.73. The molecule has 22 heavy (non-hydrogen) atoms. The van der Waals surface area contributed by atoms with Gasteiger partial charge < -0.3 is 14.7 Å². The number of carboxylic acid groups (broad SMARTS) is 1. The summed E-state index contributed by atoms with van der Waals surface area (Å²) < 4.78 is 5.04. The van der Waals surface area contributed by atoms with Crippen LogP contribution in [-0.4, -0.2) is 41.8 Å². The van der Waals surface area contributed by atoms with E-state index in [2.05, 4.69) is 6.58 Å². The molecule has 118 valence electrons. The van der Waals surface area contributed by atoms with Gasteiger partial charge in [0.15, 0.2) is 0 Å². The normalized spacial score (nSPS) is 21.2. The molecule has 5 heteroatoms. The number of ether oxygens (including phenoxy) is 1. The van der Waals surface area contributed by atoms with E-state index >= 15 is 0 Å². The molecule has 2 unspecified atom stereocenters. The number of nitrogens with zero attached hydrogens (tertiary/aromatic N) is 1. The Morgan fingerprint density at radius 3 is 2.64 bits per heavy atom. The fourth-order valence-electron chi connectivity index (χ4n) is 2.73. The first-order chi connectivity index (χ1) is 10.5. The van der Waals surface area contributed by atoms with Crippen LogP contribution in [0.1, 0.15) is 23.5 Å². The Bertz CT molecular complexity index is 552. The zero-order valence-corrected chi connectivity index (χ0v) is 12.7. The van der Waals surface area contributed by atoms with Crippen LogP contribution in [-0.2, 0) is 9.53 Å². The van der Waals surface area contributed by atoms with Crippen molar-refractivity contribution in [1.29, 1.82) is 0 Å². The van der Waals surface area contributed by atoms with E-state index in [-0.39, 0.29) is 19.1 Å². The molecule has 0 spiro atoms. The lowest BCUT2D eigenvalue weighted by molar-refractivity contribution is -0.143. The molecule has 0 aliphatic carbocycles. The number of amides is 1. The molecule has 0 saturated carbocycles. The lowest BCUT2D eigenvalue weighted by atomic mass is 9.84. The Kier molecular flexibility index (Phi) is 5.20. The van der Waals surface area contributed by atoms with Crippen LogP contribution < -0.4 is 0 Å². The number of likely N-dealkylation sites (tertiary alicyclic amines) is 1. The van der Waals surface area contributed by atoms with E-state index in [1.807, 2.05) is 31.2 Å². The van der Waals surface area contributed by atoms with E-state index < -0.39 is 18.0 Å². The number of carbonyl (C=O) groups excluding carboxylic acids is 1. The van der Waals surface area contributed by atoms with Crippen molar-refractivity contribution >= 4 is 12.1 Å². The molecular formula is C17H21NO4. The number of rotatable bonds is 4. The average molecular weight is 303 g/mol. The molecule has 1 amide bonds. The Morgan fingerprint density at radius 1 is 1.36 bits per heavy atom. The number of aliphatic carboxylic acids is 1. The van der Waals surface area contributed by atoms with E-state index in [1.165, 1.54) is 11.0 Å². The van der Waals surface area contributed by atoms with Gasteiger partial charge in [0, 0.05) is 19.0 Å². The maximum atomic E-state index is 12.0. The summed E-state index contributed by atoms with van der Waals surface area (Å²) in [5, 5.41) is 9.33. The molecule has 5 nitrogen and oxygen atoms in total. The third kappa shape index (κ3) is 3.87. The summed E-state index contributed by atoms with van der Waals surface area (Å²) in [6.07, 6.45) is 1.54. The van der Waals surface area contributed by atoms with Crippen LogP contribution in [0.5, 0.6) is 0 Å². The predicted octanol–water partition coefficient (Wildman–Crippen LogP) is 2.81. The third-order valence-corrected chi connectivity index (χ3v) is 3.93. The molecule has 1 aromatic carbocycles. The highest BCUT2D eigenvalue weighted by atomic mass is 16.6. The second-order valence-electron chi connectivity index (χ2n) is 5.65. The average Bonchev–Trinajstić information content (AvgIpc) is 2.52. The summed E-state index contributed by atoms with van der Waals surface area (Å²) in [6.45, 7) is 6.30. The molecule has 1 N–H and O–H groups in total. The first-order valence-corrected chi connectivity index (χ1v) is 7.33. The van der Waals surface area contributed by atoms with Gasteiger partial charge in [0.25, 0.3) is 0 Å². The second kappa shape index (κ2) is 7.11. The maximum absolute atomic E-state index is 12.0. The standard InChI is InChI=1S/C17H21NO4/c1-3-8-22-17(21)18-10-14(9-15(11-18)16(19)20)13-6-4-12(2)5-7-13/h3-7,14-15H,1,8-11H2,2H3,(H,19,20). The number of carboxylic acids is 1. The summed E-state index contributed by atoms with van der Waals surface area (Å²) in [5.41, 5.74) is 2.20. The molecule has 1 saturated heterocycles. The zero-order chi connectivity index (χ0) is 16.1. The largest absolute Gasteiger partial charge is 0.481 e. The number of carbonyl (C=O) groups is 2. The van der Waals surface area contributed by atoms with Gasteiger partial charge in [-0.2, -0.15) is 0 Å². The number of piperidine rings is 1. The molecule has 0 aromatic heterocycles. The number of benzene rings is 1. The quantitative estimate of drug-likeness (QED) is 0.869. The topological polar surface area (TPSA) is 66.8 Å². The first-order valence-electron chi connectivity index (χ1n) is 7.33. The van der Waals surface area contributed by atoms with Crippen molar-refractivity contribution < 1.29 is 19.4 Å². The number of aryl methyl sites for hydroxylation is 1. The van der Waals surface area contributed by atoms with Crippen LogP contribution in [0.25, 0.3) is 0 Å². The summed E-state index contributed by atoms with van der Waals surface area (Å²) in [5.74, 6) is -1.44. The molecule has 1 heterocycles. The molecular weight excluding hydrogens is 282 g/mol. The lowest BCUT2D eigenvalue weighted by Crippen LogP contribution is -2.45. The van der Waals surface area contributed by atoms with Gasteiger partial charge in [0.05, 0.1) is 5.92 Å². The third-order valence-electron chi connectivity index (χ3n) is 3.93. The summed E-state index contributed by atoms with van der Waals surface area (Å²) >= 11 is 0. The summed E-state index contributed by atoms with van der Waals surface area (Å²) in [7, 11) is 0. The van der Waals surface area contributed by atoms with Crippen molar-refractivity contribution in [3.63, 3.8) is 0 Å². The molecule has 2 atom stereocenters. The van der Waals surface area contributed by atoms with Crippen molar-refractivity contribution in [1.82, 2.24) is 4.90 Å². The SMILES string of the molecule is C=CCOC(=O)N1CC(C(=O)O)CC(c2ccc(C)cc2)C1. The van der Waals surface area contributed by atoms with E-state index in [9.17, 15) is 14.7 Å². The van der Waals surface area contributed by atoms with Crippen LogP contribution in [0, 0.1) is 12.8 Å². The summed E-state index contributed by atoms with van der Waals surface area (Å²) in [6, 6.07) is 8.00. The lowest BCUT2D eigenvalue weighted by Gasteiger charge is -2.35. The van der Waals surface area contributed by atoms with Crippen LogP contribution in [0.2, 0.25) is 0 Å². The van der Waals surface area contributed by atoms with Crippen molar-refractivity contribution in [2.75, 3.05) is 19.7 Å². The van der Waals surface area contributed by atoms with E-state index in [0.717, 1.165) is 11.1 Å². The van der Waals surface area contributed by atoms with Crippen LogP contribution in [0.4, 0.5) is 4.79 Å². The van der Waals surface area contributed by atoms with Gasteiger partial charge in [-0.15, -0.1) is 0 Å². The molecule has 1 fully saturated rings. The minimum absolute atomic E-state index is 0.00623. The fraction of sp³-hybridized carbons (Fsp3) is 0.412. The molecule has 1 aromatic rings. The minimum Gasteiger partial charge on any atom is -0.481 e. The molecule has 0 bridgehead atoms. The van der Waals surface area contributed by atoms with Crippen molar-refractivity contribution in [3.8, 4) is 0 Å². The van der Waals surface area contributed by atoms with Gasteiger partial charge in [-0.3, -0.25) is 4.79 Å². The van der Waals surface area contributed by atoms with Gasteiger partial charge in [0.1, 0.15) is 6.61 Å². The van der Waals surface area contributed by atoms with Gasteiger partial charge >= 0.3 is 12.1 Å². The van der Waals surface area contributed by atoms with Crippen molar-refractivity contribution in [2.45, 2.75) is 19.3 Å². The minimum atomic E-state index is -0.877. The number of hydrogen-bond donors (Lipinski definition) is 1. The smallest absolute Gasteiger partial charge is 0.410 e. The van der Waals surface area contributed by atoms with E-state index in [1.54, 1.807) is 0 Å². The molecule has 0 radical (unpaired) electrons. The van der Waals surface area contributed by atoms with E-state index in [4.69, 9.17) is 4.74 Å². The van der Waals surface area contributed by atoms with Gasteiger partial charge in [-0.05, 0) is 18.9 Å². The van der Waals surface area contributed by atoms with Crippen LogP contribution >= 0.6 is 0 Å². The monoisotopic (exact) mass is 303 g/mol. The highest BCUT2D eigenvalue weighted by Crippen LogP contribution is 2.31. The molecule has 1 aliphatic heterocycles. The zero-order valence-electron chi connectivity index (χ0n) is 12.7. The van der Waals surface area contributed by atoms with Crippen molar-refractivity contribution in [2.24, 2.45) is 5.92 Å². The van der Waals surface area contributed by atoms with Gasteiger partial charge in [0.2, 0.25) is 0 Å². The molecule has 1 aliphatic rings. The second-order valence-corrected chi connectivity index (χ2v) is 5.65. The highest BCUT2D eigenvalue weighted by Gasteiger charge is 2.35. The molecule has 2 rings (SSSR count). The predicted molar refractivity (Wildman–Crippen MR) is 82.8 cm³/mol. The Labute approximate surface area is 130 Å². The van der Waals surface area contributed by atoms with Crippen LogP contribution in [0.15, 0.2) is 36.9 Å². The first kappa shape index (κ1) is 16.1. The Balaban J connectivity index is 2.15. The van der Waals surface area contributed by atoms with Crippen molar-refractivity contribution in [3.05, 3.63) is 48.0 Å². The van der Waals surface area contributed by atoms with Crippen LogP contribution in [0.3, 0.4) is 0 Å². The van der Waals surface area contributed by atoms with E-state index in [0.29, 0.717) is 13.0 Å². The Hall–Kier alpha value is -2.30. The fourth-order valence-corrected chi connectivity index (χ4v) is 2.73. The maximum Gasteiger partial charge on any atom is 0.410 e. The Morgan fingerprint density at radius 2 is 2.05 bits per heavy atom. The van der Waals surface area contributed by atoms with Gasteiger partial charge in [-0.25, -0.2) is 4.79 Å². The number of hydrogen-bond acceptors (Lipinski definition) is 3. The summed E-state index contributed by atoms with van der Waals surface area (Å²) in [4.78, 5) is 24.9. The van der Waals surface area contributed by atoms with Gasteiger partial charge in [-0.1, -0.05) is 42.5 Å².